The lowest BCUT2D eigenvalue weighted by molar-refractivity contribution is 0.282. The Balaban J connectivity index is 0.000000261. The van der Waals surface area contributed by atoms with Crippen LogP contribution in [0.15, 0.2) is 0 Å². The molecule has 0 saturated carbocycles. The summed E-state index contributed by atoms with van der Waals surface area (Å²) in [5, 5.41) is 8.42. The van der Waals surface area contributed by atoms with E-state index in [1.54, 1.807) is 0 Å². The van der Waals surface area contributed by atoms with Crippen LogP contribution in [0.3, 0.4) is 0 Å². The van der Waals surface area contributed by atoms with Gasteiger partial charge in [-0.25, -0.2) is 0 Å². The maximum Gasteiger partial charge on any atom is 0.0807 e. The first kappa shape index (κ1) is 16.9. The average Bonchev–Trinajstić information content (AvgIpc) is 3.24. The molecule has 1 N–H and O–H groups in total. The first-order valence-corrected chi connectivity index (χ1v) is 7.15. The van der Waals surface area contributed by atoms with E-state index in [0.717, 1.165) is 26.2 Å². The predicted octanol–water partition coefficient (Wildman–Crippen LogP) is 3.15. The van der Waals surface area contributed by atoms with Crippen molar-refractivity contribution in [1.29, 1.82) is 0 Å². The summed E-state index contributed by atoms with van der Waals surface area (Å²) in [5.74, 6) is 0. The van der Waals surface area contributed by atoms with Crippen LogP contribution in [0.25, 0.3) is 0 Å². The van der Waals surface area contributed by atoms with Crippen LogP contribution in [-0.2, 0) is 9.47 Å². The van der Waals surface area contributed by atoms with Crippen molar-refractivity contribution in [3.8, 4) is 0 Å². The summed E-state index contributed by atoms with van der Waals surface area (Å²) in [6.07, 6.45) is 9.32. The molecule has 104 valence electrons. The van der Waals surface area contributed by atoms with Crippen molar-refractivity contribution in [2.75, 3.05) is 26.4 Å². The molecule has 2 rings (SSSR count). The lowest BCUT2D eigenvalue weighted by Crippen LogP contribution is -1.82. The monoisotopic (exact) mass is 246 g/mol. The highest BCUT2D eigenvalue weighted by Crippen LogP contribution is 2.10. The maximum absolute atomic E-state index is 8.42. The van der Waals surface area contributed by atoms with Gasteiger partial charge in [0.25, 0.3) is 0 Å². The Morgan fingerprint density at radius 3 is 1.82 bits per heavy atom. The number of aliphatic hydroxyl groups is 1. The van der Waals surface area contributed by atoms with Gasteiger partial charge in [-0.05, 0) is 12.8 Å². The summed E-state index contributed by atoms with van der Waals surface area (Å²) in [4.78, 5) is 0. The van der Waals surface area contributed by atoms with Gasteiger partial charge in [0.2, 0.25) is 0 Å². The van der Waals surface area contributed by atoms with E-state index in [4.69, 9.17) is 9.84 Å². The first-order valence-electron chi connectivity index (χ1n) is 7.15. The van der Waals surface area contributed by atoms with E-state index in [2.05, 4.69) is 18.6 Å². The molecule has 3 nitrogen and oxygen atoms in total. The zero-order chi connectivity index (χ0) is 12.8. The van der Waals surface area contributed by atoms with Crippen molar-refractivity contribution in [2.24, 2.45) is 0 Å². The van der Waals surface area contributed by atoms with Crippen LogP contribution in [0.5, 0.6) is 0 Å². The number of hydrogen-bond acceptors (Lipinski definition) is 3. The molecular weight excluding hydrogens is 216 g/mol. The van der Waals surface area contributed by atoms with Gasteiger partial charge in [0, 0.05) is 6.61 Å². The quantitative estimate of drug-likeness (QED) is 0.554. The average molecular weight is 246 g/mol. The van der Waals surface area contributed by atoms with Crippen LogP contribution in [0.4, 0.5) is 0 Å². The van der Waals surface area contributed by atoms with Crippen LogP contribution < -0.4 is 0 Å². The van der Waals surface area contributed by atoms with Gasteiger partial charge >= 0.3 is 0 Å². The summed E-state index contributed by atoms with van der Waals surface area (Å²) in [5.41, 5.74) is 0. The number of epoxide rings is 2. The highest BCUT2D eigenvalue weighted by Gasteiger charge is 2.18. The summed E-state index contributed by atoms with van der Waals surface area (Å²) >= 11 is 0. The Kier molecular flexibility index (Phi) is 13.8. The van der Waals surface area contributed by atoms with Crippen LogP contribution in [0, 0.1) is 0 Å². The Morgan fingerprint density at radius 2 is 1.53 bits per heavy atom. The molecule has 3 heteroatoms. The second-order valence-corrected chi connectivity index (χ2v) is 4.47. The van der Waals surface area contributed by atoms with Crippen molar-refractivity contribution in [1.82, 2.24) is 0 Å². The van der Waals surface area contributed by atoms with E-state index >= 15 is 0 Å². The molecule has 2 fully saturated rings. The molecule has 2 aliphatic rings. The third-order valence-corrected chi connectivity index (χ3v) is 2.57. The van der Waals surface area contributed by atoms with E-state index in [-0.39, 0.29) is 0 Å². The summed E-state index contributed by atoms with van der Waals surface area (Å²) in [6.45, 7) is 7.73. The second kappa shape index (κ2) is 13.9. The highest BCUT2D eigenvalue weighted by atomic mass is 16.6. The van der Waals surface area contributed by atoms with Crippen molar-refractivity contribution >= 4 is 0 Å². The SMILES string of the molecule is C1CO1.CCC1CO1.CCCCCCCCO. The van der Waals surface area contributed by atoms with Crippen molar-refractivity contribution in [3.63, 3.8) is 0 Å². The molecule has 0 aromatic heterocycles. The molecule has 0 spiro atoms. The zero-order valence-electron chi connectivity index (χ0n) is 11.6. The topological polar surface area (TPSA) is 45.3 Å². The molecule has 0 bridgehead atoms. The molecule has 1 atom stereocenters. The Bertz CT molecular complexity index is 125. The van der Waals surface area contributed by atoms with Crippen LogP contribution in [-0.4, -0.2) is 37.6 Å². The minimum atomic E-state index is 0.367. The summed E-state index contributed by atoms with van der Waals surface area (Å²) < 4.78 is 9.36. The van der Waals surface area contributed by atoms with E-state index < -0.39 is 0 Å². The third kappa shape index (κ3) is 21.7. The molecule has 2 heterocycles. The number of ether oxygens (including phenoxy) is 2. The molecule has 0 radical (unpaired) electrons. The maximum atomic E-state index is 8.42. The van der Waals surface area contributed by atoms with Crippen LogP contribution in [0.2, 0.25) is 0 Å². The predicted molar refractivity (Wildman–Crippen MR) is 71.3 cm³/mol. The zero-order valence-corrected chi connectivity index (χ0v) is 11.6. The molecule has 0 aromatic carbocycles. The number of aliphatic hydroxyl groups excluding tert-OH is 1. The Hall–Kier alpha value is -0.120. The molecular formula is C14H30O3. The van der Waals surface area contributed by atoms with E-state index in [1.807, 2.05) is 0 Å². The number of unbranched alkanes of at least 4 members (excludes halogenated alkanes) is 5. The van der Waals surface area contributed by atoms with Crippen LogP contribution >= 0.6 is 0 Å². The minimum Gasteiger partial charge on any atom is -0.396 e. The van der Waals surface area contributed by atoms with Gasteiger partial charge in [0.05, 0.1) is 25.9 Å². The van der Waals surface area contributed by atoms with E-state index in [9.17, 15) is 0 Å². The largest absolute Gasteiger partial charge is 0.396 e. The minimum absolute atomic E-state index is 0.367. The molecule has 17 heavy (non-hydrogen) atoms. The van der Waals surface area contributed by atoms with Gasteiger partial charge in [-0.1, -0.05) is 46.0 Å². The fourth-order valence-electron chi connectivity index (χ4n) is 1.20. The Labute approximate surface area is 107 Å². The molecule has 0 amide bonds. The Morgan fingerprint density at radius 1 is 1.00 bits per heavy atom. The number of hydrogen-bond donors (Lipinski definition) is 1. The summed E-state index contributed by atoms with van der Waals surface area (Å²) in [6, 6.07) is 0. The molecule has 1 unspecified atom stereocenters. The lowest BCUT2D eigenvalue weighted by atomic mass is 10.1. The van der Waals surface area contributed by atoms with Crippen molar-refractivity contribution in [2.45, 2.75) is 64.9 Å². The first-order chi connectivity index (χ1) is 8.35. The van der Waals surface area contributed by atoms with Crippen molar-refractivity contribution in [3.05, 3.63) is 0 Å². The number of rotatable bonds is 7. The van der Waals surface area contributed by atoms with E-state index in [1.165, 1.54) is 38.5 Å². The molecule has 2 saturated heterocycles. The highest BCUT2D eigenvalue weighted by molar-refractivity contribution is 4.64. The van der Waals surface area contributed by atoms with Crippen molar-refractivity contribution < 1.29 is 14.6 Å². The van der Waals surface area contributed by atoms with Gasteiger partial charge in [-0.15, -0.1) is 0 Å². The van der Waals surface area contributed by atoms with E-state index in [0.29, 0.717) is 12.7 Å². The molecule has 0 aromatic rings. The van der Waals surface area contributed by atoms with Gasteiger partial charge in [0.15, 0.2) is 0 Å². The van der Waals surface area contributed by atoms with Gasteiger partial charge in [-0.2, -0.15) is 0 Å². The smallest absolute Gasteiger partial charge is 0.0807 e. The van der Waals surface area contributed by atoms with Crippen LogP contribution in [0.1, 0.15) is 58.8 Å². The fraction of sp³-hybridized carbons (Fsp3) is 1.00. The fourth-order valence-corrected chi connectivity index (χ4v) is 1.20. The molecule has 0 aliphatic carbocycles. The summed E-state index contributed by atoms with van der Waals surface area (Å²) in [7, 11) is 0. The normalized spacial score (nSPS) is 19.6. The van der Waals surface area contributed by atoms with Gasteiger partial charge in [0.1, 0.15) is 0 Å². The standard InChI is InChI=1S/C8H18O.C4H8O.C2H4O/c1-2-3-4-5-6-7-8-9;1-2-4-3-5-4;1-2-3-1/h9H,2-8H2,1H3;4H,2-3H2,1H3;1-2H2. The van der Waals surface area contributed by atoms with Gasteiger partial charge in [-0.3, -0.25) is 0 Å². The lowest BCUT2D eigenvalue weighted by Gasteiger charge is -1.95. The molecule has 2 aliphatic heterocycles. The third-order valence-electron chi connectivity index (χ3n) is 2.57. The second-order valence-electron chi connectivity index (χ2n) is 4.47. The van der Waals surface area contributed by atoms with Gasteiger partial charge < -0.3 is 14.6 Å².